The first-order valence-corrected chi connectivity index (χ1v) is 13.6. The lowest BCUT2D eigenvalue weighted by atomic mass is 9.94. The summed E-state index contributed by atoms with van der Waals surface area (Å²) in [5, 5.41) is 6.80. The summed E-state index contributed by atoms with van der Waals surface area (Å²) in [6.45, 7) is 1.77. The minimum absolute atomic E-state index is 0. The Labute approximate surface area is 250 Å². The van der Waals surface area contributed by atoms with Crippen LogP contribution in [-0.4, -0.2) is 60.8 Å². The van der Waals surface area contributed by atoms with Gasteiger partial charge in [0.15, 0.2) is 0 Å². The molecule has 5 rings (SSSR count). The molecule has 0 bridgehead atoms. The molecule has 3 aromatic carbocycles. The molecule has 4 aromatic rings. The van der Waals surface area contributed by atoms with Crippen molar-refractivity contribution in [3.63, 3.8) is 0 Å². The second-order valence-electron chi connectivity index (χ2n) is 9.63. The zero-order chi connectivity index (χ0) is 28.9. The minimum atomic E-state index is -0.445. The van der Waals surface area contributed by atoms with Crippen LogP contribution < -0.4 is 15.4 Å². The Morgan fingerprint density at radius 1 is 1.12 bits per heavy atom. The standard InChI is InChI=1S/C31H30ClFN6O2.CH4/c1-34-14-5-15-39(2)30(40)19-8-11-22(12-9-19)37-31-36-18-20-17-35-29(27-25(33)6-4-7-26(27)41-3)24-16-21(32)10-13-23(24)28(20)38-31;/h4,6-13,16,18,34H,5,14-15,17H2,1-3H3,(H,36,37,38);1H4. The molecule has 0 saturated heterocycles. The molecule has 1 amide bonds. The number of ether oxygens (including phenoxy) is 1. The zero-order valence-electron chi connectivity index (χ0n) is 23.0. The monoisotopic (exact) mass is 588 g/mol. The molecule has 0 unspecified atom stereocenters. The van der Waals surface area contributed by atoms with Crippen LogP contribution in [0.4, 0.5) is 16.0 Å². The van der Waals surface area contributed by atoms with E-state index >= 15 is 4.39 Å². The van der Waals surface area contributed by atoms with Gasteiger partial charge in [-0.2, -0.15) is 0 Å². The number of anilines is 2. The van der Waals surface area contributed by atoms with Crippen LogP contribution in [0.3, 0.4) is 0 Å². The van der Waals surface area contributed by atoms with Gasteiger partial charge in [-0.05, 0) is 68.5 Å². The summed E-state index contributed by atoms with van der Waals surface area (Å²) in [5.74, 6) is 0.269. The second kappa shape index (κ2) is 13.5. The van der Waals surface area contributed by atoms with Crippen LogP contribution in [0.25, 0.3) is 11.3 Å². The highest BCUT2D eigenvalue weighted by molar-refractivity contribution is 6.31. The van der Waals surface area contributed by atoms with Gasteiger partial charge in [-0.1, -0.05) is 31.2 Å². The predicted octanol–water partition coefficient (Wildman–Crippen LogP) is 6.36. The molecule has 0 saturated carbocycles. The molecule has 218 valence electrons. The number of nitrogens with one attached hydrogen (secondary N) is 2. The van der Waals surface area contributed by atoms with Crippen LogP contribution >= 0.6 is 11.6 Å². The second-order valence-corrected chi connectivity index (χ2v) is 10.1. The van der Waals surface area contributed by atoms with Crippen molar-refractivity contribution in [2.24, 2.45) is 4.99 Å². The lowest BCUT2D eigenvalue weighted by Gasteiger charge is -2.17. The van der Waals surface area contributed by atoms with Gasteiger partial charge in [-0.15, -0.1) is 0 Å². The van der Waals surface area contributed by atoms with Crippen LogP contribution in [0.2, 0.25) is 5.02 Å². The summed E-state index contributed by atoms with van der Waals surface area (Å²) in [5.41, 5.74) is 4.87. The van der Waals surface area contributed by atoms with Crippen LogP contribution in [0.5, 0.6) is 5.75 Å². The maximum absolute atomic E-state index is 15.1. The number of amides is 1. The molecule has 1 aliphatic heterocycles. The maximum atomic E-state index is 15.1. The highest BCUT2D eigenvalue weighted by atomic mass is 35.5. The van der Waals surface area contributed by atoms with E-state index in [0.717, 1.165) is 29.8 Å². The van der Waals surface area contributed by atoms with Gasteiger partial charge in [0.1, 0.15) is 11.6 Å². The van der Waals surface area contributed by atoms with Gasteiger partial charge in [0.2, 0.25) is 5.95 Å². The van der Waals surface area contributed by atoms with E-state index in [1.165, 1.54) is 13.2 Å². The van der Waals surface area contributed by atoms with Crippen LogP contribution in [-0.2, 0) is 6.54 Å². The third kappa shape index (κ3) is 6.42. The fourth-order valence-electron chi connectivity index (χ4n) is 4.74. The molecule has 0 aliphatic carbocycles. The van der Waals surface area contributed by atoms with Crippen molar-refractivity contribution in [2.75, 3.05) is 39.6 Å². The molecule has 8 nitrogen and oxygen atoms in total. The van der Waals surface area contributed by atoms with E-state index in [9.17, 15) is 4.79 Å². The van der Waals surface area contributed by atoms with Gasteiger partial charge in [-0.3, -0.25) is 9.79 Å². The quantitative estimate of drug-likeness (QED) is 0.221. The van der Waals surface area contributed by atoms with Crippen molar-refractivity contribution in [2.45, 2.75) is 20.4 Å². The predicted molar refractivity (Wildman–Crippen MR) is 167 cm³/mol. The van der Waals surface area contributed by atoms with Crippen molar-refractivity contribution in [1.82, 2.24) is 20.2 Å². The van der Waals surface area contributed by atoms with Gasteiger partial charge in [0.05, 0.1) is 30.6 Å². The number of aliphatic imine (C=N–C) groups is 1. The molecule has 2 heterocycles. The molecule has 0 radical (unpaired) electrons. The van der Waals surface area contributed by atoms with Gasteiger partial charge in [0.25, 0.3) is 5.91 Å². The number of rotatable bonds is 9. The number of hydrogen-bond acceptors (Lipinski definition) is 7. The van der Waals surface area contributed by atoms with Crippen molar-refractivity contribution >= 4 is 34.9 Å². The molecule has 2 N–H and O–H groups in total. The molecule has 42 heavy (non-hydrogen) atoms. The van der Waals surface area contributed by atoms with E-state index in [1.807, 2.05) is 25.2 Å². The van der Waals surface area contributed by atoms with Crippen molar-refractivity contribution in [3.05, 3.63) is 100.0 Å². The highest BCUT2D eigenvalue weighted by Crippen LogP contribution is 2.36. The number of carbonyl (C=O) groups excluding carboxylic acids is 1. The van der Waals surface area contributed by atoms with Crippen LogP contribution in [0.1, 0.15) is 40.9 Å². The average Bonchev–Trinajstić information content (AvgIpc) is 3.13. The first-order valence-electron chi connectivity index (χ1n) is 13.2. The smallest absolute Gasteiger partial charge is 0.253 e. The van der Waals surface area contributed by atoms with E-state index in [0.29, 0.717) is 45.8 Å². The number of nitrogens with zero attached hydrogens (tertiary/aromatic N) is 4. The normalized spacial score (nSPS) is 11.8. The Balaban J connectivity index is 0.00000405. The fourth-order valence-corrected chi connectivity index (χ4v) is 4.91. The molecule has 0 spiro atoms. The number of aromatic nitrogens is 2. The first kappa shape index (κ1) is 30.6. The van der Waals surface area contributed by atoms with E-state index in [4.69, 9.17) is 26.3 Å². The Morgan fingerprint density at radius 3 is 2.64 bits per heavy atom. The fraction of sp³-hybridized carbons (Fsp3) is 0.250. The summed E-state index contributed by atoms with van der Waals surface area (Å²) >= 11 is 6.39. The van der Waals surface area contributed by atoms with E-state index < -0.39 is 5.82 Å². The molecule has 10 heteroatoms. The molecular weight excluding hydrogens is 555 g/mol. The van der Waals surface area contributed by atoms with Gasteiger partial charge >= 0.3 is 0 Å². The molecule has 1 aliphatic rings. The Kier molecular flexibility index (Phi) is 9.88. The average molecular weight is 589 g/mol. The van der Waals surface area contributed by atoms with Crippen molar-refractivity contribution in [3.8, 4) is 17.0 Å². The SMILES string of the molecule is C.CNCCCN(C)C(=O)c1ccc(Nc2ncc3c(n2)-c2ccc(Cl)cc2C(c2c(F)cccc2OC)=NC3)cc1. The Hall–Kier alpha value is -4.34. The largest absolute Gasteiger partial charge is 0.496 e. The summed E-state index contributed by atoms with van der Waals surface area (Å²) in [4.78, 5) is 28.5. The van der Waals surface area contributed by atoms with Crippen molar-refractivity contribution in [1.29, 1.82) is 0 Å². The van der Waals surface area contributed by atoms with Gasteiger partial charge < -0.3 is 20.3 Å². The van der Waals surface area contributed by atoms with E-state index in [1.54, 1.807) is 54.5 Å². The third-order valence-corrected chi connectivity index (χ3v) is 7.09. The Morgan fingerprint density at radius 2 is 1.90 bits per heavy atom. The van der Waals surface area contributed by atoms with Crippen LogP contribution in [0, 0.1) is 5.82 Å². The molecular formula is C32H34ClFN6O2. The lowest BCUT2D eigenvalue weighted by Crippen LogP contribution is -2.29. The highest BCUT2D eigenvalue weighted by Gasteiger charge is 2.25. The van der Waals surface area contributed by atoms with E-state index in [-0.39, 0.29) is 25.4 Å². The van der Waals surface area contributed by atoms with Crippen molar-refractivity contribution < 1.29 is 13.9 Å². The number of hydrogen-bond donors (Lipinski definition) is 2. The summed E-state index contributed by atoms with van der Waals surface area (Å²) in [6.07, 6.45) is 2.59. The third-order valence-electron chi connectivity index (χ3n) is 6.85. The summed E-state index contributed by atoms with van der Waals surface area (Å²) in [7, 11) is 5.19. The lowest BCUT2D eigenvalue weighted by molar-refractivity contribution is 0.0794. The number of fused-ring (bicyclic) bond motifs is 3. The topological polar surface area (TPSA) is 91.7 Å². The van der Waals surface area contributed by atoms with Gasteiger partial charge in [-0.25, -0.2) is 14.4 Å². The van der Waals surface area contributed by atoms with Crippen LogP contribution in [0.15, 0.2) is 71.9 Å². The maximum Gasteiger partial charge on any atom is 0.253 e. The summed E-state index contributed by atoms with van der Waals surface area (Å²) in [6, 6.07) is 17.3. The summed E-state index contributed by atoms with van der Waals surface area (Å²) < 4.78 is 20.6. The van der Waals surface area contributed by atoms with E-state index in [2.05, 4.69) is 15.6 Å². The number of methoxy groups -OCH3 is 1. The molecule has 1 aromatic heterocycles. The molecule has 0 atom stereocenters. The number of benzene rings is 3. The first-order chi connectivity index (χ1) is 19.9. The van der Waals surface area contributed by atoms with Gasteiger partial charge in [0, 0.05) is 52.8 Å². The Bertz CT molecular complexity index is 1610. The zero-order valence-corrected chi connectivity index (χ0v) is 23.8. The minimum Gasteiger partial charge on any atom is -0.496 e. The number of carbonyl (C=O) groups is 1. The number of halogens is 2. The molecule has 0 fully saturated rings.